The topological polar surface area (TPSA) is 55.5 Å². The highest BCUT2D eigenvalue weighted by Crippen LogP contribution is 2.31. The van der Waals surface area contributed by atoms with E-state index in [1.165, 1.54) is 6.26 Å². The molecule has 0 fully saturated rings. The van der Waals surface area contributed by atoms with Crippen molar-refractivity contribution in [3.05, 3.63) is 54.4 Å². The van der Waals surface area contributed by atoms with E-state index in [2.05, 4.69) is 5.16 Å². The van der Waals surface area contributed by atoms with Crippen LogP contribution >= 0.6 is 0 Å². The van der Waals surface area contributed by atoms with Crippen LogP contribution in [0.25, 0.3) is 10.8 Å². The third-order valence-corrected chi connectivity index (χ3v) is 2.71. The van der Waals surface area contributed by atoms with E-state index < -0.39 is 0 Å². The summed E-state index contributed by atoms with van der Waals surface area (Å²) in [7, 11) is 0. The number of hydrogen-bond acceptors (Lipinski definition) is 4. The first-order valence-electron chi connectivity index (χ1n) is 5.56. The second-order valence-corrected chi connectivity index (χ2v) is 3.99. The molecular formula is C14H11NO3. The zero-order valence-corrected chi connectivity index (χ0v) is 9.54. The molecule has 0 unspecified atom stereocenters. The molecule has 90 valence electrons. The van der Waals surface area contributed by atoms with Gasteiger partial charge in [-0.2, -0.15) is 0 Å². The van der Waals surface area contributed by atoms with Gasteiger partial charge in [0.2, 0.25) is 0 Å². The molecule has 1 heterocycles. The van der Waals surface area contributed by atoms with Gasteiger partial charge in [-0.1, -0.05) is 29.4 Å². The van der Waals surface area contributed by atoms with Gasteiger partial charge < -0.3 is 14.4 Å². The highest BCUT2D eigenvalue weighted by atomic mass is 16.5. The molecule has 0 amide bonds. The summed E-state index contributed by atoms with van der Waals surface area (Å²) >= 11 is 0. The lowest BCUT2D eigenvalue weighted by Gasteiger charge is -2.08. The Morgan fingerprint density at radius 2 is 1.94 bits per heavy atom. The molecule has 0 spiro atoms. The van der Waals surface area contributed by atoms with Gasteiger partial charge in [0.25, 0.3) is 0 Å². The van der Waals surface area contributed by atoms with Crippen molar-refractivity contribution in [2.45, 2.75) is 6.61 Å². The zero-order chi connectivity index (χ0) is 12.4. The molecule has 0 saturated heterocycles. The second kappa shape index (κ2) is 4.41. The maximum Gasteiger partial charge on any atom is 0.162 e. The fourth-order valence-corrected chi connectivity index (χ4v) is 1.78. The number of aromatic nitrogens is 1. The maximum atomic E-state index is 9.87. The van der Waals surface area contributed by atoms with E-state index in [0.717, 1.165) is 16.3 Å². The number of fused-ring (bicyclic) bond motifs is 1. The molecule has 0 aliphatic rings. The number of nitrogens with zero attached hydrogens (tertiary/aromatic N) is 1. The Bertz CT molecular complexity index is 662. The third kappa shape index (κ3) is 2.00. The molecule has 2 aromatic carbocycles. The van der Waals surface area contributed by atoms with Gasteiger partial charge in [-0.15, -0.1) is 0 Å². The average molecular weight is 241 g/mol. The summed E-state index contributed by atoms with van der Waals surface area (Å²) in [6, 6.07) is 11.3. The quantitative estimate of drug-likeness (QED) is 0.765. The van der Waals surface area contributed by atoms with Crippen molar-refractivity contribution >= 4 is 10.8 Å². The van der Waals surface area contributed by atoms with Crippen LogP contribution in [0.15, 0.2) is 53.4 Å². The van der Waals surface area contributed by atoms with E-state index in [9.17, 15) is 5.11 Å². The molecule has 3 rings (SSSR count). The van der Waals surface area contributed by atoms with Crippen molar-refractivity contribution < 1.29 is 14.4 Å². The first-order chi connectivity index (χ1) is 8.83. The number of benzene rings is 2. The molecule has 4 heteroatoms. The number of rotatable bonds is 3. The molecule has 0 atom stereocenters. The van der Waals surface area contributed by atoms with Gasteiger partial charge in [-0.3, -0.25) is 0 Å². The summed E-state index contributed by atoms with van der Waals surface area (Å²) in [5.41, 5.74) is 0.822. The Balaban J connectivity index is 1.89. The normalized spacial score (nSPS) is 10.7. The van der Waals surface area contributed by atoms with Crippen LogP contribution in [-0.4, -0.2) is 10.3 Å². The molecular weight excluding hydrogens is 230 g/mol. The first-order valence-corrected chi connectivity index (χ1v) is 5.56. The summed E-state index contributed by atoms with van der Waals surface area (Å²) < 4.78 is 10.3. The minimum atomic E-state index is 0.130. The van der Waals surface area contributed by atoms with E-state index >= 15 is 0 Å². The largest absolute Gasteiger partial charge is 0.504 e. The van der Waals surface area contributed by atoms with Crippen LogP contribution in [0.3, 0.4) is 0 Å². The average Bonchev–Trinajstić information content (AvgIpc) is 2.89. The van der Waals surface area contributed by atoms with Crippen LogP contribution in [0, 0.1) is 0 Å². The number of aromatic hydroxyl groups is 1. The molecule has 0 aliphatic carbocycles. The molecule has 1 N–H and O–H groups in total. The molecule has 1 aromatic heterocycles. The smallest absolute Gasteiger partial charge is 0.162 e. The van der Waals surface area contributed by atoms with Crippen molar-refractivity contribution in [3.63, 3.8) is 0 Å². The standard InChI is InChI=1S/C14H11NO3/c16-13-5-11-3-1-2-4-12(11)6-14(13)17-8-10-7-15-18-9-10/h1-7,9,16H,8H2. The molecule has 0 saturated carbocycles. The van der Waals surface area contributed by atoms with Gasteiger partial charge in [-0.25, -0.2) is 0 Å². The number of hydrogen-bond donors (Lipinski definition) is 1. The van der Waals surface area contributed by atoms with Crippen LogP contribution in [0.2, 0.25) is 0 Å². The predicted octanol–water partition coefficient (Wildman–Crippen LogP) is 3.11. The van der Waals surface area contributed by atoms with Crippen molar-refractivity contribution in [2.75, 3.05) is 0 Å². The van der Waals surface area contributed by atoms with Crippen molar-refractivity contribution in [1.29, 1.82) is 0 Å². The van der Waals surface area contributed by atoms with Gasteiger partial charge in [-0.05, 0) is 22.9 Å². The lowest BCUT2D eigenvalue weighted by atomic mass is 10.1. The molecule has 0 aliphatic heterocycles. The van der Waals surface area contributed by atoms with Crippen molar-refractivity contribution in [3.8, 4) is 11.5 Å². The summed E-state index contributed by atoms with van der Waals surface area (Å²) in [6.45, 7) is 0.315. The monoisotopic (exact) mass is 241 g/mol. The summed E-state index contributed by atoms with van der Waals surface area (Å²) in [5.74, 6) is 0.583. The minimum absolute atomic E-state index is 0.130. The second-order valence-electron chi connectivity index (χ2n) is 3.99. The van der Waals surface area contributed by atoms with Gasteiger partial charge in [0.15, 0.2) is 11.5 Å². The van der Waals surface area contributed by atoms with E-state index in [1.807, 2.05) is 30.3 Å². The third-order valence-electron chi connectivity index (χ3n) is 2.71. The first kappa shape index (κ1) is 10.7. The van der Waals surface area contributed by atoms with E-state index in [4.69, 9.17) is 9.26 Å². The predicted molar refractivity (Wildman–Crippen MR) is 66.4 cm³/mol. The highest BCUT2D eigenvalue weighted by molar-refractivity contribution is 5.85. The molecule has 0 bridgehead atoms. The maximum absolute atomic E-state index is 9.87. The fourth-order valence-electron chi connectivity index (χ4n) is 1.78. The van der Waals surface area contributed by atoms with Crippen LogP contribution in [0.4, 0.5) is 0 Å². The van der Waals surface area contributed by atoms with Gasteiger partial charge in [0.1, 0.15) is 12.9 Å². The Kier molecular flexibility index (Phi) is 2.61. The van der Waals surface area contributed by atoms with Gasteiger partial charge >= 0.3 is 0 Å². The van der Waals surface area contributed by atoms with Gasteiger partial charge in [0.05, 0.1) is 6.20 Å². The SMILES string of the molecule is Oc1cc2ccccc2cc1OCc1cnoc1. The summed E-state index contributed by atoms with van der Waals surface area (Å²) in [6.07, 6.45) is 3.09. The zero-order valence-electron chi connectivity index (χ0n) is 9.54. The molecule has 4 nitrogen and oxygen atoms in total. The van der Waals surface area contributed by atoms with E-state index in [-0.39, 0.29) is 5.75 Å². The van der Waals surface area contributed by atoms with Crippen LogP contribution in [0.5, 0.6) is 11.5 Å². The van der Waals surface area contributed by atoms with E-state index in [1.54, 1.807) is 12.3 Å². The lowest BCUT2D eigenvalue weighted by molar-refractivity contribution is 0.288. The Labute approximate surface area is 103 Å². The molecule has 3 aromatic rings. The highest BCUT2D eigenvalue weighted by Gasteiger charge is 2.06. The number of ether oxygens (including phenoxy) is 1. The van der Waals surface area contributed by atoms with Crippen molar-refractivity contribution in [2.24, 2.45) is 0 Å². The van der Waals surface area contributed by atoms with Gasteiger partial charge in [0, 0.05) is 5.56 Å². The Hall–Kier alpha value is -2.49. The summed E-state index contributed by atoms with van der Waals surface area (Å²) in [5, 5.41) is 15.5. The fraction of sp³-hybridized carbons (Fsp3) is 0.0714. The molecule has 0 radical (unpaired) electrons. The molecule has 18 heavy (non-hydrogen) atoms. The van der Waals surface area contributed by atoms with E-state index in [0.29, 0.717) is 12.4 Å². The van der Waals surface area contributed by atoms with Crippen molar-refractivity contribution in [1.82, 2.24) is 5.16 Å². The van der Waals surface area contributed by atoms with Crippen LogP contribution in [0.1, 0.15) is 5.56 Å². The Morgan fingerprint density at radius 3 is 2.67 bits per heavy atom. The lowest BCUT2D eigenvalue weighted by Crippen LogP contribution is -1.94. The summed E-state index contributed by atoms with van der Waals surface area (Å²) in [4.78, 5) is 0. The van der Waals surface area contributed by atoms with Crippen LogP contribution in [-0.2, 0) is 6.61 Å². The van der Waals surface area contributed by atoms with Crippen LogP contribution < -0.4 is 4.74 Å². The number of phenolic OH excluding ortho intramolecular Hbond substituents is 1. The minimum Gasteiger partial charge on any atom is -0.504 e. The Morgan fingerprint density at radius 1 is 1.17 bits per heavy atom. The number of phenols is 1.